The molecule has 3 N–H and O–H groups in total. The zero-order valence-corrected chi connectivity index (χ0v) is 26.1. The molecule has 3 aliphatic rings. The molecule has 2 saturated carbocycles. The Hall–Kier alpha value is -2.18. The Morgan fingerprint density at radius 3 is 2.74 bits per heavy atom. The predicted octanol–water partition coefficient (Wildman–Crippen LogP) is 6.13. The summed E-state index contributed by atoms with van der Waals surface area (Å²) in [5, 5.41) is 4.90. The van der Waals surface area contributed by atoms with Gasteiger partial charge in [0.15, 0.2) is 5.82 Å². The molecule has 42 heavy (non-hydrogen) atoms. The summed E-state index contributed by atoms with van der Waals surface area (Å²) in [6, 6.07) is 9.10. The monoisotopic (exact) mass is 634 g/mol. The summed E-state index contributed by atoms with van der Waals surface area (Å²) in [5.74, 6) is 1.32. The number of fused-ring (bicyclic) bond motifs is 1. The van der Waals surface area contributed by atoms with Gasteiger partial charge >= 0.3 is 14.5 Å². The van der Waals surface area contributed by atoms with E-state index in [0.29, 0.717) is 36.0 Å². The van der Waals surface area contributed by atoms with Crippen LogP contribution in [-0.4, -0.2) is 51.1 Å². The lowest BCUT2D eigenvalue weighted by atomic mass is 10.1. The van der Waals surface area contributed by atoms with E-state index >= 15 is 0 Å². The number of hydrogen-bond acceptors (Lipinski definition) is 11. The molecule has 226 valence electrons. The number of hydrazine groups is 1. The van der Waals surface area contributed by atoms with Gasteiger partial charge in [-0.25, -0.2) is 15.1 Å². The van der Waals surface area contributed by atoms with Crippen molar-refractivity contribution in [3.8, 4) is 5.75 Å². The third-order valence-electron chi connectivity index (χ3n) is 7.91. The number of rotatable bonds is 13. The summed E-state index contributed by atoms with van der Waals surface area (Å²) in [6.07, 6.45) is 11.3. The molecule has 11 nitrogen and oxygen atoms in total. The Morgan fingerprint density at radius 2 is 2.00 bits per heavy atom. The van der Waals surface area contributed by atoms with Gasteiger partial charge in [0, 0.05) is 17.1 Å². The third-order valence-corrected chi connectivity index (χ3v) is 9.84. The van der Waals surface area contributed by atoms with Crippen molar-refractivity contribution in [2.24, 2.45) is 5.92 Å². The molecule has 0 bridgehead atoms. The molecule has 14 heteroatoms. The first-order valence-corrected chi connectivity index (χ1v) is 17.1. The second-order valence-corrected chi connectivity index (χ2v) is 13.3. The number of nitrogens with one attached hydrogen (secondary N) is 3. The van der Waals surface area contributed by atoms with Gasteiger partial charge in [-0.3, -0.25) is 10.2 Å². The average molecular weight is 635 g/mol. The van der Waals surface area contributed by atoms with E-state index in [9.17, 15) is 4.79 Å². The highest BCUT2D eigenvalue weighted by Gasteiger charge is 2.54. The standard InChI is InChI=1S/C28H36ClN6O5PS/c1-18-15-22(38-26(18)35-14-11-23-24(32-34-42-2)30-17-31-25(23)35)16-37-41(40-21-9-7-19(29)8-10-21)33-28(12-13-28)27(36)39-20-5-3-4-6-20/h7-11,14,17-18,20,22,26,33-34H,3-6,12-13,15-16H2,1-2H3,(H,30,31,32). The van der Waals surface area contributed by atoms with Crippen LogP contribution in [0.1, 0.15) is 58.1 Å². The van der Waals surface area contributed by atoms with E-state index in [2.05, 4.69) is 36.8 Å². The van der Waals surface area contributed by atoms with Crippen molar-refractivity contribution in [2.45, 2.75) is 75.8 Å². The Kier molecular flexibility index (Phi) is 9.40. The molecule has 0 spiro atoms. The molecule has 6 rings (SSSR count). The zero-order chi connectivity index (χ0) is 29.1. The van der Waals surface area contributed by atoms with Gasteiger partial charge in [-0.1, -0.05) is 30.5 Å². The van der Waals surface area contributed by atoms with Crippen LogP contribution in [0.3, 0.4) is 0 Å². The molecule has 0 amide bonds. The maximum Gasteiger partial charge on any atom is 0.327 e. The molecular formula is C28H36ClN6O5PS. The van der Waals surface area contributed by atoms with Crippen LogP contribution >= 0.6 is 32.1 Å². The quantitative estimate of drug-likeness (QED) is 0.0871. The summed E-state index contributed by atoms with van der Waals surface area (Å²) >= 11 is 7.53. The van der Waals surface area contributed by atoms with Crippen LogP contribution < -0.4 is 19.9 Å². The van der Waals surface area contributed by atoms with Crippen LogP contribution in [0.5, 0.6) is 5.75 Å². The first kappa shape index (κ1) is 29.9. The Morgan fingerprint density at radius 1 is 1.21 bits per heavy atom. The van der Waals surface area contributed by atoms with Gasteiger partial charge in [-0.2, -0.15) is 4.83 Å². The van der Waals surface area contributed by atoms with Crippen LogP contribution in [0.15, 0.2) is 42.9 Å². The minimum atomic E-state index is -1.67. The van der Waals surface area contributed by atoms with Crippen molar-refractivity contribution >= 4 is 54.9 Å². The number of esters is 1. The van der Waals surface area contributed by atoms with Gasteiger partial charge in [0.25, 0.3) is 0 Å². The summed E-state index contributed by atoms with van der Waals surface area (Å²) in [6.45, 7) is 2.47. The molecule has 3 heterocycles. The first-order chi connectivity index (χ1) is 20.4. The molecular weight excluding hydrogens is 599 g/mol. The van der Waals surface area contributed by atoms with E-state index in [4.69, 9.17) is 30.1 Å². The minimum Gasteiger partial charge on any atom is -0.461 e. The van der Waals surface area contributed by atoms with Crippen LogP contribution in [-0.2, 0) is 18.8 Å². The van der Waals surface area contributed by atoms with Gasteiger partial charge < -0.3 is 23.1 Å². The van der Waals surface area contributed by atoms with Gasteiger partial charge in [0.1, 0.15) is 35.6 Å². The van der Waals surface area contributed by atoms with E-state index < -0.39 is 14.1 Å². The molecule has 4 atom stereocenters. The molecule has 2 aliphatic carbocycles. The van der Waals surface area contributed by atoms with Gasteiger partial charge in [-0.05, 0) is 81.5 Å². The number of nitrogens with zero attached hydrogens (tertiary/aromatic N) is 3. The fourth-order valence-corrected chi connectivity index (χ4v) is 7.26. The molecule has 1 aromatic carbocycles. The van der Waals surface area contributed by atoms with Gasteiger partial charge in [0.2, 0.25) is 0 Å². The van der Waals surface area contributed by atoms with Crippen molar-refractivity contribution in [1.82, 2.24) is 24.5 Å². The lowest BCUT2D eigenvalue weighted by Crippen LogP contribution is -2.40. The molecule has 3 aromatic rings. The van der Waals surface area contributed by atoms with E-state index in [1.54, 1.807) is 30.6 Å². The number of carbonyl (C=O) groups excluding carboxylic acids is 1. The van der Waals surface area contributed by atoms with Crippen molar-refractivity contribution in [2.75, 3.05) is 18.3 Å². The minimum absolute atomic E-state index is 0.00936. The van der Waals surface area contributed by atoms with Crippen LogP contribution in [0.4, 0.5) is 5.82 Å². The predicted molar refractivity (Wildman–Crippen MR) is 164 cm³/mol. The van der Waals surface area contributed by atoms with Crippen LogP contribution in [0.2, 0.25) is 5.02 Å². The Bertz CT molecular complexity index is 1370. The molecule has 4 unspecified atom stereocenters. The summed E-state index contributed by atoms with van der Waals surface area (Å²) in [5.41, 5.74) is 3.12. The lowest BCUT2D eigenvalue weighted by Gasteiger charge is -2.25. The van der Waals surface area contributed by atoms with Gasteiger partial charge in [0.05, 0.1) is 18.1 Å². The zero-order valence-electron chi connectivity index (χ0n) is 23.6. The molecule has 0 radical (unpaired) electrons. The number of benzene rings is 1. The highest BCUT2D eigenvalue weighted by Crippen LogP contribution is 2.48. The maximum absolute atomic E-state index is 13.1. The van der Waals surface area contributed by atoms with E-state index in [-0.39, 0.29) is 30.3 Å². The Balaban J connectivity index is 1.12. The maximum atomic E-state index is 13.1. The number of aromatic nitrogens is 3. The Labute approximate surface area is 255 Å². The number of ether oxygens (including phenoxy) is 2. The summed E-state index contributed by atoms with van der Waals surface area (Å²) in [7, 11) is -1.67. The van der Waals surface area contributed by atoms with Crippen molar-refractivity contribution < 1.29 is 23.3 Å². The summed E-state index contributed by atoms with van der Waals surface area (Å²) < 4.78 is 27.0. The number of anilines is 1. The SMILES string of the molecule is CSNNc1ncnc2c1ccn2C1OC(COP(NC2(C(=O)OC3CCCC3)CC2)Oc2ccc(Cl)cc2)CC1C. The van der Waals surface area contributed by atoms with E-state index in [0.717, 1.165) is 43.1 Å². The highest BCUT2D eigenvalue weighted by molar-refractivity contribution is 7.96. The first-order valence-electron chi connectivity index (χ1n) is 14.3. The van der Waals surface area contributed by atoms with E-state index in [1.807, 2.05) is 18.5 Å². The lowest BCUT2D eigenvalue weighted by molar-refractivity contribution is -0.152. The number of carbonyl (C=O) groups is 1. The van der Waals surface area contributed by atoms with Crippen LogP contribution in [0, 0.1) is 5.92 Å². The topological polar surface area (TPSA) is 121 Å². The second kappa shape index (κ2) is 13.2. The molecule has 1 saturated heterocycles. The largest absolute Gasteiger partial charge is 0.461 e. The van der Waals surface area contributed by atoms with Crippen molar-refractivity contribution in [3.63, 3.8) is 0 Å². The van der Waals surface area contributed by atoms with Gasteiger partial charge in [-0.15, -0.1) is 0 Å². The molecule has 1 aliphatic heterocycles. The summed E-state index contributed by atoms with van der Waals surface area (Å²) in [4.78, 5) is 25.0. The van der Waals surface area contributed by atoms with Crippen molar-refractivity contribution in [1.29, 1.82) is 0 Å². The average Bonchev–Trinajstić information content (AvgIpc) is 3.29. The fourth-order valence-electron chi connectivity index (χ4n) is 5.50. The highest BCUT2D eigenvalue weighted by atomic mass is 35.5. The number of halogens is 1. The third kappa shape index (κ3) is 6.80. The van der Waals surface area contributed by atoms with Crippen molar-refractivity contribution in [3.05, 3.63) is 47.9 Å². The normalized spacial score (nSPS) is 24.1. The second-order valence-electron chi connectivity index (χ2n) is 11.1. The number of hydrogen-bond donors (Lipinski definition) is 3. The molecule has 3 fully saturated rings. The molecule has 2 aromatic heterocycles. The fraction of sp³-hybridized carbons (Fsp3) is 0.536. The van der Waals surface area contributed by atoms with E-state index in [1.165, 1.54) is 11.9 Å². The van der Waals surface area contributed by atoms with Crippen LogP contribution in [0.25, 0.3) is 11.0 Å². The smallest absolute Gasteiger partial charge is 0.327 e.